The fraction of sp³-hybridized carbons (Fsp3) is 0.154. The Morgan fingerprint density at radius 2 is 2.14 bits per heavy atom. The van der Waals surface area contributed by atoms with Crippen molar-refractivity contribution in [2.45, 2.75) is 6.92 Å². The van der Waals surface area contributed by atoms with Crippen LogP contribution in [-0.2, 0) is 4.74 Å². The maximum Gasteiger partial charge on any atom is 0.360 e. The van der Waals surface area contributed by atoms with Gasteiger partial charge in [-0.15, -0.1) is 0 Å². The Kier molecular flexibility index (Phi) is 4.73. The minimum absolute atomic E-state index is 0.0234. The molecule has 0 amide bonds. The molecule has 1 aromatic carbocycles. The van der Waals surface area contributed by atoms with Crippen molar-refractivity contribution in [3.05, 3.63) is 44.7 Å². The summed E-state index contributed by atoms with van der Waals surface area (Å²) in [5, 5.41) is 13.9. The first-order chi connectivity index (χ1) is 9.99. The van der Waals surface area contributed by atoms with Crippen molar-refractivity contribution in [1.82, 2.24) is 9.78 Å². The third kappa shape index (κ3) is 2.98. The number of hydrogen-bond acceptors (Lipinski definition) is 4. The topological polar surface area (TPSA) is 67.9 Å². The van der Waals surface area contributed by atoms with Gasteiger partial charge in [-0.2, -0.15) is 10.4 Å². The van der Waals surface area contributed by atoms with Gasteiger partial charge in [0.15, 0.2) is 10.8 Å². The Bertz CT molecular complexity index is 750. The van der Waals surface area contributed by atoms with Crippen molar-refractivity contribution in [2.75, 3.05) is 6.61 Å². The molecule has 5 nitrogen and oxygen atoms in total. The number of ether oxygens (including phenoxy) is 1. The number of nitrogens with zero attached hydrogens (tertiary/aromatic N) is 3. The molecule has 8 heteroatoms. The van der Waals surface area contributed by atoms with Crippen LogP contribution in [0.1, 0.15) is 23.0 Å². The third-order valence-corrected chi connectivity index (χ3v) is 3.43. The molecule has 2 aromatic rings. The number of hydrogen-bond donors (Lipinski definition) is 0. The summed E-state index contributed by atoms with van der Waals surface area (Å²) < 4.78 is 6.04. The molecule has 0 saturated carbocycles. The standard InChI is InChI=1S/C13H8Cl3N3O2/c1-2-21-13(20)11-8(6-17)12(16)19(18-11)10-4-3-7(14)5-9(10)15/h3-5H,2H2,1H3. The average Bonchev–Trinajstić information content (AvgIpc) is 2.76. The molecule has 0 bridgehead atoms. The summed E-state index contributed by atoms with van der Waals surface area (Å²) in [6, 6.07) is 6.52. The van der Waals surface area contributed by atoms with Gasteiger partial charge in [-0.05, 0) is 25.1 Å². The largest absolute Gasteiger partial charge is 0.461 e. The van der Waals surface area contributed by atoms with Crippen LogP contribution >= 0.6 is 34.8 Å². The number of rotatable bonds is 3. The zero-order valence-electron chi connectivity index (χ0n) is 10.7. The molecule has 21 heavy (non-hydrogen) atoms. The van der Waals surface area contributed by atoms with Gasteiger partial charge in [-0.3, -0.25) is 0 Å². The van der Waals surface area contributed by atoms with E-state index < -0.39 is 5.97 Å². The predicted molar refractivity (Wildman–Crippen MR) is 79.3 cm³/mol. The number of benzene rings is 1. The zero-order valence-corrected chi connectivity index (χ0v) is 13.0. The fourth-order valence-corrected chi connectivity index (χ4v) is 2.40. The summed E-state index contributed by atoms with van der Waals surface area (Å²) >= 11 is 18.0. The molecular formula is C13H8Cl3N3O2. The highest BCUT2D eigenvalue weighted by Gasteiger charge is 2.24. The van der Waals surface area contributed by atoms with Crippen molar-refractivity contribution < 1.29 is 9.53 Å². The first-order valence-electron chi connectivity index (χ1n) is 5.80. The van der Waals surface area contributed by atoms with Crippen LogP contribution in [0.15, 0.2) is 18.2 Å². The molecule has 108 valence electrons. The van der Waals surface area contributed by atoms with Crippen molar-refractivity contribution in [3.63, 3.8) is 0 Å². The average molecular weight is 345 g/mol. The molecule has 1 heterocycles. The van der Waals surface area contributed by atoms with Gasteiger partial charge in [-0.1, -0.05) is 34.8 Å². The van der Waals surface area contributed by atoms with Crippen LogP contribution in [0.5, 0.6) is 0 Å². The molecule has 0 radical (unpaired) electrons. The molecule has 2 rings (SSSR count). The minimum atomic E-state index is -0.722. The highest BCUT2D eigenvalue weighted by atomic mass is 35.5. The van der Waals surface area contributed by atoms with Gasteiger partial charge in [-0.25, -0.2) is 9.48 Å². The summed E-state index contributed by atoms with van der Waals surface area (Å²) in [6.45, 7) is 1.81. The smallest absolute Gasteiger partial charge is 0.360 e. The normalized spacial score (nSPS) is 10.2. The lowest BCUT2D eigenvalue weighted by atomic mass is 10.2. The van der Waals surface area contributed by atoms with Crippen LogP contribution in [0.2, 0.25) is 15.2 Å². The number of nitriles is 1. The van der Waals surface area contributed by atoms with Crippen molar-refractivity contribution >= 4 is 40.8 Å². The summed E-state index contributed by atoms with van der Waals surface area (Å²) in [5.41, 5.74) is 0.176. The van der Waals surface area contributed by atoms with Crippen LogP contribution in [0.3, 0.4) is 0 Å². The molecule has 0 saturated heterocycles. The first kappa shape index (κ1) is 15.6. The van der Waals surface area contributed by atoms with Crippen LogP contribution in [0.25, 0.3) is 5.69 Å². The van der Waals surface area contributed by atoms with E-state index in [9.17, 15) is 4.79 Å². The first-order valence-corrected chi connectivity index (χ1v) is 6.94. The second kappa shape index (κ2) is 6.35. The number of carbonyl (C=O) groups is 1. The van der Waals surface area contributed by atoms with Gasteiger partial charge in [0.1, 0.15) is 11.6 Å². The Morgan fingerprint density at radius 1 is 1.43 bits per heavy atom. The van der Waals surface area contributed by atoms with Crippen LogP contribution < -0.4 is 0 Å². The number of aromatic nitrogens is 2. The summed E-state index contributed by atoms with van der Waals surface area (Å²) in [7, 11) is 0. The Balaban J connectivity index is 2.61. The molecule has 0 atom stereocenters. The lowest BCUT2D eigenvalue weighted by molar-refractivity contribution is 0.0518. The Hall–Kier alpha value is -1.74. The van der Waals surface area contributed by atoms with E-state index in [0.717, 1.165) is 0 Å². The molecule has 0 N–H and O–H groups in total. The molecule has 1 aromatic heterocycles. The van der Waals surface area contributed by atoms with Crippen LogP contribution in [0, 0.1) is 11.3 Å². The van der Waals surface area contributed by atoms with Gasteiger partial charge in [0.25, 0.3) is 0 Å². The quantitative estimate of drug-likeness (QED) is 0.792. The van der Waals surface area contributed by atoms with Gasteiger partial charge in [0.2, 0.25) is 0 Å². The second-order valence-electron chi connectivity index (χ2n) is 3.85. The molecule has 0 fully saturated rings. The highest BCUT2D eigenvalue weighted by molar-refractivity contribution is 6.36. The SMILES string of the molecule is CCOC(=O)c1nn(-c2ccc(Cl)cc2Cl)c(Cl)c1C#N. The summed E-state index contributed by atoms with van der Waals surface area (Å²) in [5.74, 6) is -0.722. The Morgan fingerprint density at radius 3 is 2.71 bits per heavy atom. The van der Waals surface area contributed by atoms with Gasteiger partial charge in [0, 0.05) is 5.02 Å². The highest BCUT2D eigenvalue weighted by Crippen LogP contribution is 2.29. The van der Waals surface area contributed by atoms with Crippen LogP contribution in [-0.4, -0.2) is 22.4 Å². The lowest BCUT2D eigenvalue weighted by Gasteiger charge is -2.05. The maximum absolute atomic E-state index is 11.8. The predicted octanol–water partition coefficient (Wildman–Crippen LogP) is 3.88. The van der Waals surface area contributed by atoms with E-state index in [1.807, 2.05) is 6.07 Å². The van der Waals surface area contributed by atoms with Crippen LogP contribution in [0.4, 0.5) is 0 Å². The number of esters is 1. The molecule has 0 spiro atoms. The number of carbonyl (C=O) groups excluding carboxylic acids is 1. The fourth-order valence-electron chi connectivity index (χ4n) is 1.65. The van der Waals surface area contributed by atoms with E-state index >= 15 is 0 Å². The van der Waals surface area contributed by atoms with Gasteiger partial charge in [0.05, 0.1) is 17.3 Å². The van der Waals surface area contributed by atoms with Crippen molar-refractivity contribution in [1.29, 1.82) is 5.26 Å². The number of halogens is 3. The second-order valence-corrected chi connectivity index (χ2v) is 5.06. The van der Waals surface area contributed by atoms with Gasteiger partial charge >= 0.3 is 5.97 Å². The zero-order chi connectivity index (χ0) is 15.6. The van der Waals surface area contributed by atoms with Crippen molar-refractivity contribution in [2.24, 2.45) is 0 Å². The summed E-state index contributed by atoms with van der Waals surface area (Å²) in [4.78, 5) is 11.8. The van der Waals surface area contributed by atoms with E-state index in [1.54, 1.807) is 19.1 Å². The van der Waals surface area contributed by atoms with Gasteiger partial charge < -0.3 is 4.74 Å². The molecule has 0 aliphatic rings. The van der Waals surface area contributed by atoms with E-state index in [-0.39, 0.29) is 28.0 Å². The molecule has 0 aliphatic heterocycles. The molecule has 0 aliphatic carbocycles. The Labute approximate surface area is 135 Å². The summed E-state index contributed by atoms with van der Waals surface area (Å²) in [6.07, 6.45) is 0. The third-order valence-electron chi connectivity index (χ3n) is 2.55. The maximum atomic E-state index is 11.8. The van der Waals surface area contributed by atoms with Crippen molar-refractivity contribution in [3.8, 4) is 11.8 Å². The lowest BCUT2D eigenvalue weighted by Crippen LogP contribution is -2.08. The monoisotopic (exact) mass is 343 g/mol. The van der Waals surface area contributed by atoms with E-state index in [0.29, 0.717) is 10.7 Å². The minimum Gasteiger partial charge on any atom is -0.461 e. The molecule has 0 unspecified atom stereocenters. The molecular weight excluding hydrogens is 337 g/mol. The van der Waals surface area contributed by atoms with E-state index in [2.05, 4.69) is 5.10 Å². The van der Waals surface area contributed by atoms with E-state index in [1.165, 1.54) is 10.7 Å². The van der Waals surface area contributed by atoms with E-state index in [4.69, 9.17) is 44.8 Å².